The van der Waals surface area contributed by atoms with E-state index in [1.807, 2.05) is 6.20 Å². The lowest BCUT2D eigenvalue weighted by Gasteiger charge is -2.18. The Balaban J connectivity index is 2.64. The van der Waals surface area contributed by atoms with E-state index in [1.165, 1.54) is 12.8 Å². The average molecular weight is 209 g/mol. The quantitative estimate of drug-likeness (QED) is 0.777. The molecule has 15 heavy (non-hydrogen) atoms. The lowest BCUT2D eigenvalue weighted by atomic mass is 10.2. The van der Waals surface area contributed by atoms with E-state index < -0.39 is 0 Å². The van der Waals surface area contributed by atoms with Crippen molar-refractivity contribution in [3.05, 3.63) is 12.3 Å². The number of hydrogen-bond acceptors (Lipinski definition) is 2. The van der Waals surface area contributed by atoms with Crippen molar-refractivity contribution in [2.45, 2.75) is 59.0 Å². The van der Waals surface area contributed by atoms with Gasteiger partial charge in [0.2, 0.25) is 0 Å². The highest BCUT2D eigenvalue weighted by molar-refractivity contribution is 5.35. The summed E-state index contributed by atoms with van der Waals surface area (Å²) in [6.07, 6.45) is 5.39. The summed E-state index contributed by atoms with van der Waals surface area (Å²) in [5.41, 5.74) is 0. The molecule has 1 aromatic rings. The van der Waals surface area contributed by atoms with Crippen molar-refractivity contribution in [1.82, 2.24) is 9.78 Å². The molecule has 0 fully saturated rings. The Labute approximate surface area is 92.9 Å². The van der Waals surface area contributed by atoms with E-state index >= 15 is 0 Å². The van der Waals surface area contributed by atoms with Gasteiger partial charge in [0.25, 0.3) is 0 Å². The molecule has 0 amide bonds. The lowest BCUT2D eigenvalue weighted by Crippen LogP contribution is -2.19. The molecule has 0 aliphatic rings. The second-order valence-corrected chi connectivity index (χ2v) is 4.25. The van der Waals surface area contributed by atoms with Gasteiger partial charge in [0, 0.05) is 12.1 Å². The van der Waals surface area contributed by atoms with Gasteiger partial charge in [-0.2, -0.15) is 5.10 Å². The Kier molecular flexibility index (Phi) is 4.66. The van der Waals surface area contributed by atoms with Crippen LogP contribution in [0.5, 0.6) is 0 Å². The maximum Gasteiger partial charge on any atom is 0.124 e. The average Bonchev–Trinajstić information content (AvgIpc) is 2.65. The Morgan fingerprint density at radius 3 is 2.73 bits per heavy atom. The lowest BCUT2D eigenvalue weighted by molar-refractivity contribution is 0.480. The van der Waals surface area contributed by atoms with E-state index in [9.17, 15) is 0 Å². The standard InChI is InChI=1S/C12H23N3/c1-5-7-10(3)14-12-8-9-13-15(12)11(4)6-2/h8-11,14H,5-7H2,1-4H3. The molecule has 0 spiro atoms. The third-order valence-electron chi connectivity index (χ3n) is 2.79. The maximum absolute atomic E-state index is 4.35. The molecule has 1 rings (SSSR count). The van der Waals surface area contributed by atoms with Gasteiger partial charge in [-0.1, -0.05) is 20.3 Å². The van der Waals surface area contributed by atoms with E-state index in [1.54, 1.807) is 0 Å². The topological polar surface area (TPSA) is 29.9 Å². The molecular weight excluding hydrogens is 186 g/mol. The van der Waals surface area contributed by atoms with Gasteiger partial charge in [-0.3, -0.25) is 0 Å². The molecule has 0 aliphatic heterocycles. The number of hydrogen-bond donors (Lipinski definition) is 1. The summed E-state index contributed by atoms with van der Waals surface area (Å²) in [6.45, 7) is 8.82. The summed E-state index contributed by atoms with van der Waals surface area (Å²) in [4.78, 5) is 0. The molecule has 1 heterocycles. The minimum atomic E-state index is 0.469. The van der Waals surface area contributed by atoms with E-state index in [4.69, 9.17) is 0 Å². The Morgan fingerprint density at radius 2 is 2.13 bits per heavy atom. The van der Waals surface area contributed by atoms with Crippen molar-refractivity contribution in [3.63, 3.8) is 0 Å². The van der Waals surface area contributed by atoms with Gasteiger partial charge in [-0.15, -0.1) is 0 Å². The van der Waals surface area contributed by atoms with Gasteiger partial charge in [0.05, 0.1) is 12.2 Å². The van der Waals surface area contributed by atoms with Crippen LogP contribution in [0.2, 0.25) is 0 Å². The highest BCUT2D eigenvalue weighted by Crippen LogP contribution is 2.17. The van der Waals surface area contributed by atoms with Crippen LogP contribution in [0.1, 0.15) is 53.0 Å². The largest absolute Gasteiger partial charge is 0.368 e. The van der Waals surface area contributed by atoms with E-state index in [0.717, 1.165) is 12.2 Å². The van der Waals surface area contributed by atoms with Crippen LogP contribution in [0.25, 0.3) is 0 Å². The fourth-order valence-electron chi connectivity index (χ4n) is 1.71. The molecule has 86 valence electrons. The van der Waals surface area contributed by atoms with Crippen molar-refractivity contribution < 1.29 is 0 Å². The van der Waals surface area contributed by atoms with Crippen molar-refractivity contribution >= 4 is 5.82 Å². The zero-order valence-corrected chi connectivity index (χ0v) is 10.3. The predicted octanol–water partition coefficient (Wildman–Crippen LogP) is 3.45. The van der Waals surface area contributed by atoms with Gasteiger partial charge in [0.1, 0.15) is 5.82 Å². The van der Waals surface area contributed by atoms with Crippen LogP contribution >= 0.6 is 0 Å². The van der Waals surface area contributed by atoms with E-state index in [2.05, 4.69) is 48.9 Å². The Morgan fingerprint density at radius 1 is 1.40 bits per heavy atom. The molecule has 0 radical (unpaired) electrons. The first-order valence-corrected chi connectivity index (χ1v) is 5.99. The highest BCUT2D eigenvalue weighted by atomic mass is 15.3. The predicted molar refractivity (Wildman–Crippen MR) is 65.2 cm³/mol. The molecule has 0 saturated heterocycles. The van der Waals surface area contributed by atoms with Gasteiger partial charge in [0.15, 0.2) is 0 Å². The second kappa shape index (κ2) is 5.79. The van der Waals surface area contributed by atoms with Gasteiger partial charge in [-0.05, 0) is 26.7 Å². The SMILES string of the molecule is CCCC(C)Nc1ccnn1C(C)CC. The molecule has 0 bridgehead atoms. The van der Waals surface area contributed by atoms with Crippen LogP contribution in [0, 0.1) is 0 Å². The monoisotopic (exact) mass is 209 g/mol. The summed E-state index contributed by atoms with van der Waals surface area (Å²) < 4.78 is 2.08. The molecule has 1 aromatic heterocycles. The van der Waals surface area contributed by atoms with Crippen molar-refractivity contribution in [2.24, 2.45) is 0 Å². The molecule has 3 heteroatoms. The summed E-state index contributed by atoms with van der Waals surface area (Å²) in [5, 5.41) is 7.86. The van der Waals surface area contributed by atoms with Crippen LogP contribution < -0.4 is 5.32 Å². The van der Waals surface area contributed by atoms with Gasteiger partial charge >= 0.3 is 0 Å². The number of nitrogens with zero attached hydrogens (tertiary/aromatic N) is 2. The van der Waals surface area contributed by atoms with Gasteiger partial charge < -0.3 is 5.32 Å². The fourth-order valence-corrected chi connectivity index (χ4v) is 1.71. The molecule has 0 aliphatic carbocycles. The van der Waals surface area contributed by atoms with Crippen molar-refractivity contribution in [2.75, 3.05) is 5.32 Å². The first-order valence-electron chi connectivity index (χ1n) is 5.99. The fraction of sp³-hybridized carbons (Fsp3) is 0.750. The van der Waals surface area contributed by atoms with Crippen molar-refractivity contribution in [3.8, 4) is 0 Å². The number of aromatic nitrogens is 2. The molecule has 2 unspecified atom stereocenters. The van der Waals surface area contributed by atoms with Gasteiger partial charge in [-0.25, -0.2) is 4.68 Å². The Bertz CT molecular complexity index is 280. The zero-order valence-electron chi connectivity index (χ0n) is 10.3. The van der Waals surface area contributed by atoms with Crippen LogP contribution in [-0.4, -0.2) is 15.8 Å². The highest BCUT2D eigenvalue weighted by Gasteiger charge is 2.09. The number of nitrogens with one attached hydrogen (secondary N) is 1. The maximum atomic E-state index is 4.35. The minimum absolute atomic E-state index is 0.469. The summed E-state index contributed by atoms with van der Waals surface area (Å²) in [5.74, 6) is 1.14. The smallest absolute Gasteiger partial charge is 0.124 e. The first kappa shape index (κ1) is 12.1. The molecule has 0 saturated carbocycles. The summed E-state index contributed by atoms with van der Waals surface area (Å²) in [7, 11) is 0. The van der Waals surface area contributed by atoms with Crippen LogP contribution in [0.3, 0.4) is 0 Å². The third kappa shape index (κ3) is 3.26. The second-order valence-electron chi connectivity index (χ2n) is 4.25. The van der Waals surface area contributed by atoms with Crippen LogP contribution in [0.15, 0.2) is 12.3 Å². The molecule has 1 N–H and O–H groups in total. The molecule has 0 aromatic carbocycles. The molecule has 3 nitrogen and oxygen atoms in total. The van der Waals surface area contributed by atoms with E-state index in [-0.39, 0.29) is 0 Å². The molecular formula is C12H23N3. The Hall–Kier alpha value is -0.990. The first-order chi connectivity index (χ1) is 7.19. The zero-order chi connectivity index (χ0) is 11.3. The summed E-state index contributed by atoms with van der Waals surface area (Å²) >= 11 is 0. The summed E-state index contributed by atoms with van der Waals surface area (Å²) in [6, 6.07) is 3.05. The van der Waals surface area contributed by atoms with Crippen molar-refractivity contribution in [1.29, 1.82) is 0 Å². The van der Waals surface area contributed by atoms with Crippen LogP contribution in [0.4, 0.5) is 5.82 Å². The third-order valence-corrected chi connectivity index (χ3v) is 2.79. The van der Waals surface area contributed by atoms with E-state index in [0.29, 0.717) is 12.1 Å². The number of rotatable bonds is 6. The normalized spacial score (nSPS) is 14.9. The minimum Gasteiger partial charge on any atom is -0.368 e. The number of anilines is 1. The van der Waals surface area contributed by atoms with Crippen LogP contribution in [-0.2, 0) is 0 Å². The molecule has 2 atom stereocenters.